The molecule has 0 aliphatic heterocycles. The van der Waals surface area contributed by atoms with Crippen LogP contribution in [0.1, 0.15) is 0 Å². The third-order valence-electron chi connectivity index (χ3n) is 4.51. The van der Waals surface area contributed by atoms with Crippen LogP contribution >= 0.6 is 23.2 Å². The number of imidazole rings is 1. The number of halogens is 2. The minimum atomic E-state index is -0.774. The normalized spacial score (nSPS) is 11.0. The third-order valence-corrected chi connectivity index (χ3v) is 5.09. The molecule has 0 fully saturated rings. The summed E-state index contributed by atoms with van der Waals surface area (Å²) in [5.74, 6) is -0.382. The van der Waals surface area contributed by atoms with Crippen LogP contribution in [-0.2, 0) is 16.1 Å². The monoisotopic (exact) mass is 444 g/mol. The predicted octanol–water partition coefficient (Wildman–Crippen LogP) is 3.02. The number of aromatic amines is 1. The van der Waals surface area contributed by atoms with E-state index in [-0.39, 0.29) is 11.2 Å². The van der Waals surface area contributed by atoms with Gasteiger partial charge in [-0.15, -0.1) is 0 Å². The van der Waals surface area contributed by atoms with E-state index >= 15 is 0 Å². The first-order chi connectivity index (χ1) is 14.4. The van der Waals surface area contributed by atoms with Crippen molar-refractivity contribution >= 4 is 40.3 Å². The summed E-state index contributed by atoms with van der Waals surface area (Å²) < 4.78 is 6.92. The molecule has 0 atom stereocenters. The van der Waals surface area contributed by atoms with Gasteiger partial charge in [0, 0.05) is 16.3 Å². The van der Waals surface area contributed by atoms with Crippen molar-refractivity contribution in [1.29, 1.82) is 0 Å². The maximum Gasteiger partial charge on any atom is 0.330 e. The van der Waals surface area contributed by atoms with Crippen LogP contribution in [0, 0.1) is 0 Å². The van der Waals surface area contributed by atoms with E-state index in [4.69, 9.17) is 23.2 Å². The van der Waals surface area contributed by atoms with Crippen LogP contribution in [0.2, 0.25) is 10.0 Å². The maximum absolute atomic E-state index is 13.2. The summed E-state index contributed by atoms with van der Waals surface area (Å²) in [5.41, 5.74) is -0.188. The Morgan fingerprint density at radius 3 is 2.47 bits per heavy atom. The fraction of sp³-hybridized carbons (Fsp3) is 0.100. The van der Waals surface area contributed by atoms with E-state index in [0.29, 0.717) is 27.1 Å². The van der Waals surface area contributed by atoms with Gasteiger partial charge in [-0.25, -0.2) is 14.3 Å². The summed E-state index contributed by atoms with van der Waals surface area (Å²) in [7, 11) is 1.17. The van der Waals surface area contributed by atoms with Crippen molar-refractivity contribution in [3.05, 3.63) is 79.4 Å². The fourth-order valence-electron chi connectivity index (χ4n) is 3.10. The van der Waals surface area contributed by atoms with Gasteiger partial charge in [-0.3, -0.25) is 19.1 Å². The van der Waals surface area contributed by atoms with Gasteiger partial charge in [0.2, 0.25) is 0 Å². The van der Waals surface area contributed by atoms with E-state index in [1.54, 1.807) is 53.1 Å². The van der Waals surface area contributed by atoms with Crippen LogP contribution in [0.3, 0.4) is 0 Å². The molecule has 0 saturated heterocycles. The number of H-pyrrole nitrogens is 1. The molecule has 0 amide bonds. The highest BCUT2D eigenvalue weighted by Gasteiger charge is 2.22. The third kappa shape index (κ3) is 3.40. The molecule has 0 aliphatic carbocycles. The second-order valence-electron chi connectivity index (χ2n) is 6.32. The summed E-state index contributed by atoms with van der Waals surface area (Å²) in [6.07, 6.45) is 0. The molecule has 30 heavy (non-hydrogen) atoms. The van der Waals surface area contributed by atoms with Crippen molar-refractivity contribution in [3.8, 4) is 17.1 Å². The van der Waals surface area contributed by atoms with Crippen molar-refractivity contribution in [2.45, 2.75) is 6.54 Å². The molecule has 4 rings (SSSR count). The lowest BCUT2D eigenvalue weighted by Crippen LogP contribution is -2.38. The quantitative estimate of drug-likeness (QED) is 0.487. The van der Waals surface area contributed by atoms with E-state index in [2.05, 4.69) is 14.7 Å². The first-order valence-electron chi connectivity index (χ1n) is 8.74. The average Bonchev–Trinajstić information content (AvgIpc) is 3.10. The minimum absolute atomic E-state index is 0.0657. The summed E-state index contributed by atoms with van der Waals surface area (Å²) in [6, 6.07) is 13.7. The molecular weight excluding hydrogens is 431 g/mol. The Hall–Kier alpha value is -3.36. The van der Waals surface area contributed by atoms with Crippen LogP contribution in [0.4, 0.5) is 0 Å². The topological polar surface area (TPSA) is 99.0 Å². The number of carbonyl (C=O) groups excluding carboxylic acids is 1. The molecule has 8 nitrogen and oxygen atoms in total. The van der Waals surface area contributed by atoms with Crippen LogP contribution in [0.5, 0.6) is 0 Å². The molecule has 10 heteroatoms. The molecule has 0 spiro atoms. The van der Waals surface area contributed by atoms with Gasteiger partial charge < -0.3 is 4.74 Å². The van der Waals surface area contributed by atoms with Gasteiger partial charge in [-0.05, 0) is 36.4 Å². The van der Waals surface area contributed by atoms with E-state index in [1.807, 2.05) is 0 Å². The van der Waals surface area contributed by atoms with Gasteiger partial charge in [-0.1, -0.05) is 35.3 Å². The van der Waals surface area contributed by atoms with Gasteiger partial charge in [-0.2, -0.15) is 0 Å². The summed E-state index contributed by atoms with van der Waals surface area (Å²) in [4.78, 5) is 44.3. The lowest BCUT2D eigenvalue weighted by atomic mass is 10.2. The standard InChI is InChI=1S/C20H14Cl2N4O4/c1-30-15(27)10-25-19(28)16-17(24-20(25)29)23-18(13-4-2-3-5-14(13)22)26(16)12-8-6-11(21)7-9-12/h2-9H,10H2,1H3,(H,24,29). The summed E-state index contributed by atoms with van der Waals surface area (Å²) in [5, 5.41) is 0.930. The molecule has 0 aliphatic rings. The van der Waals surface area contributed by atoms with Crippen molar-refractivity contribution in [2.24, 2.45) is 0 Å². The molecule has 152 valence electrons. The van der Waals surface area contributed by atoms with Crippen molar-refractivity contribution < 1.29 is 9.53 Å². The van der Waals surface area contributed by atoms with Crippen LogP contribution in [0.25, 0.3) is 28.2 Å². The largest absolute Gasteiger partial charge is 0.468 e. The molecule has 0 bridgehead atoms. The predicted molar refractivity (Wildman–Crippen MR) is 113 cm³/mol. The lowest BCUT2D eigenvalue weighted by molar-refractivity contribution is -0.141. The zero-order valence-corrected chi connectivity index (χ0v) is 17.1. The van der Waals surface area contributed by atoms with E-state index < -0.39 is 23.8 Å². The highest BCUT2D eigenvalue weighted by atomic mass is 35.5. The number of ether oxygens (including phenoxy) is 1. The number of esters is 1. The maximum atomic E-state index is 13.2. The van der Waals surface area contributed by atoms with Gasteiger partial charge in [0.15, 0.2) is 11.2 Å². The first kappa shape index (κ1) is 19.9. The Labute approximate surface area is 179 Å². The smallest absolute Gasteiger partial charge is 0.330 e. The van der Waals surface area contributed by atoms with Crippen molar-refractivity contribution in [1.82, 2.24) is 19.1 Å². The summed E-state index contributed by atoms with van der Waals surface area (Å²) in [6.45, 7) is -0.534. The Morgan fingerprint density at radius 2 is 1.80 bits per heavy atom. The Balaban J connectivity index is 2.11. The Morgan fingerprint density at radius 1 is 1.10 bits per heavy atom. The SMILES string of the molecule is COC(=O)Cn1c(=O)[nH]c2nc(-c3ccccc3Cl)n(-c3ccc(Cl)cc3)c2c1=O. The molecule has 0 unspecified atom stereocenters. The number of methoxy groups -OCH3 is 1. The fourth-order valence-corrected chi connectivity index (χ4v) is 3.44. The highest BCUT2D eigenvalue weighted by molar-refractivity contribution is 6.33. The molecule has 0 radical (unpaired) electrons. The number of hydrogen-bond acceptors (Lipinski definition) is 5. The second-order valence-corrected chi connectivity index (χ2v) is 7.17. The van der Waals surface area contributed by atoms with E-state index in [1.165, 1.54) is 7.11 Å². The molecule has 2 aromatic carbocycles. The number of hydrogen-bond donors (Lipinski definition) is 1. The molecule has 2 aromatic heterocycles. The lowest BCUT2D eigenvalue weighted by Gasteiger charge is -2.11. The second kappa shape index (κ2) is 7.81. The minimum Gasteiger partial charge on any atom is -0.468 e. The molecule has 1 N–H and O–H groups in total. The number of fused-ring (bicyclic) bond motifs is 1. The van der Waals surface area contributed by atoms with Crippen LogP contribution < -0.4 is 11.2 Å². The molecular formula is C20H14Cl2N4O4. The van der Waals surface area contributed by atoms with E-state index in [9.17, 15) is 14.4 Å². The van der Waals surface area contributed by atoms with Gasteiger partial charge >= 0.3 is 11.7 Å². The van der Waals surface area contributed by atoms with Gasteiger partial charge in [0.05, 0.1) is 12.1 Å². The Bertz CT molecular complexity index is 1390. The van der Waals surface area contributed by atoms with Gasteiger partial charge in [0.1, 0.15) is 12.4 Å². The van der Waals surface area contributed by atoms with Crippen molar-refractivity contribution in [3.63, 3.8) is 0 Å². The van der Waals surface area contributed by atoms with Crippen LogP contribution in [-0.4, -0.2) is 32.2 Å². The number of nitrogens with one attached hydrogen (secondary N) is 1. The Kier molecular flexibility index (Phi) is 5.19. The first-order valence-corrected chi connectivity index (χ1v) is 9.49. The number of carbonyl (C=O) groups is 1. The van der Waals surface area contributed by atoms with E-state index in [0.717, 1.165) is 4.57 Å². The summed E-state index contributed by atoms with van der Waals surface area (Å²) >= 11 is 12.4. The number of nitrogens with zero attached hydrogens (tertiary/aromatic N) is 3. The number of benzene rings is 2. The zero-order chi connectivity index (χ0) is 21.4. The molecule has 2 heterocycles. The van der Waals surface area contributed by atoms with Crippen molar-refractivity contribution in [2.75, 3.05) is 7.11 Å². The molecule has 0 saturated carbocycles. The number of rotatable bonds is 4. The zero-order valence-electron chi connectivity index (χ0n) is 15.6. The van der Waals surface area contributed by atoms with Crippen LogP contribution in [0.15, 0.2) is 58.1 Å². The average molecular weight is 445 g/mol. The van der Waals surface area contributed by atoms with Gasteiger partial charge in [0.25, 0.3) is 5.56 Å². The molecule has 4 aromatic rings. The highest BCUT2D eigenvalue weighted by Crippen LogP contribution is 2.31. The number of aromatic nitrogens is 4.